The van der Waals surface area contributed by atoms with Gasteiger partial charge in [0.2, 0.25) is 0 Å². The second kappa shape index (κ2) is 5.34. The summed E-state index contributed by atoms with van der Waals surface area (Å²) in [6.45, 7) is 7.94. The number of nitrogens with one attached hydrogen (secondary N) is 1. The van der Waals surface area contributed by atoms with E-state index >= 15 is 0 Å². The van der Waals surface area contributed by atoms with Gasteiger partial charge in [0.15, 0.2) is 5.96 Å². The Morgan fingerprint density at radius 3 is 2.43 bits per heavy atom. The van der Waals surface area contributed by atoms with Crippen LogP contribution in [0.15, 0.2) is 4.99 Å². The molecule has 0 aromatic rings. The Kier molecular flexibility index (Phi) is 5.12. The smallest absolute Gasteiger partial charge is 0.189 e. The molecule has 0 aromatic carbocycles. The van der Waals surface area contributed by atoms with Crippen LogP contribution in [0.4, 0.5) is 0 Å². The average Bonchev–Trinajstić information content (AvgIpc) is 1.77. The van der Waals surface area contributed by atoms with Crippen LogP contribution in [0.3, 0.4) is 0 Å². The molecule has 3 N–H and O–H groups in total. The standard InChI is InChI=1S/C9H21N3OS/c1-7(6-14(5)13)11-8(10)12-9(2,3)4/h7H,6H2,1-5H3,(H3,10,11,12). The zero-order valence-corrected chi connectivity index (χ0v) is 10.4. The monoisotopic (exact) mass is 219 g/mol. The van der Waals surface area contributed by atoms with E-state index < -0.39 is 10.8 Å². The highest BCUT2D eigenvalue weighted by molar-refractivity contribution is 7.84. The molecule has 2 unspecified atom stereocenters. The van der Waals surface area contributed by atoms with Gasteiger partial charge in [-0.3, -0.25) is 4.21 Å². The molecule has 0 aromatic heterocycles. The number of hydrogen-bond donors (Lipinski definition) is 2. The number of nitrogens with two attached hydrogens (primary N) is 1. The fraction of sp³-hybridized carbons (Fsp3) is 0.889. The first-order valence-corrected chi connectivity index (χ1v) is 6.35. The van der Waals surface area contributed by atoms with E-state index in [9.17, 15) is 4.21 Å². The van der Waals surface area contributed by atoms with E-state index in [-0.39, 0.29) is 11.6 Å². The summed E-state index contributed by atoms with van der Waals surface area (Å²) in [4.78, 5) is 4.19. The maximum absolute atomic E-state index is 10.9. The maximum Gasteiger partial charge on any atom is 0.189 e. The molecule has 0 aliphatic rings. The van der Waals surface area contributed by atoms with Crippen molar-refractivity contribution in [1.82, 2.24) is 5.32 Å². The zero-order valence-electron chi connectivity index (χ0n) is 9.63. The third kappa shape index (κ3) is 8.04. The van der Waals surface area contributed by atoms with Gasteiger partial charge in [-0.1, -0.05) is 0 Å². The minimum Gasteiger partial charge on any atom is -0.370 e. The van der Waals surface area contributed by atoms with Gasteiger partial charge in [-0.05, 0) is 27.7 Å². The highest BCUT2D eigenvalue weighted by Gasteiger charge is 2.11. The summed E-state index contributed by atoms with van der Waals surface area (Å²) < 4.78 is 10.9. The molecule has 84 valence electrons. The zero-order chi connectivity index (χ0) is 11.4. The predicted octanol–water partition coefficient (Wildman–Crippen LogP) is 0.456. The second-order valence-electron chi connectivity index (χ2n) is 4.48. The lowest BCUT2D eigenvalue weighted by atomic mass is 10.1. The molecule has 0 heterocycles. The summed E-state index contributed by atoms with van der Waals surface area (Å²) in [6.07, 6.45) is 1.67. The van der Waals surface area contributed by atoms with Crippen molar-refractivity contribution in [1.29, 1.82) is 0 Å². The molecule has 0 aliphatic heterocycles. The quantitative estimate of drug-likeness (QED) is 0.535. The summed E-state index contributed by atoms with van der Waals surface area (Å²) in [7, 11) is -0.826. The number of nitrogens with zero attached hydrogens (tertiary/aromatic N) is 1. The molecule has 4 nitrogen and oxygen atoms in total. The SMILES string of the molecule is CC(CS(C)=O)N=C(N)NC(C)(C)C. The van der Waals surface area contributed by atoms with Crippen molar-refractivity contribution in [3.05, 3.63) is 0 Å². The lowest BCUT2D eigenvalue weighted by Crippen LogP contribution is -2.45. The Balaban J connectivity index is 4.16. The number of aliphatic imine (C=N–C) groups is 1. The summed E-state index contributed by atoms with van der Waals surface area (Å²) in [5, 5.41) is 3.05. The average molecular weight is 219 g/mol. The van der Waals surface area contributed by atoms with Gasteiger partial charge in [0.05, 0.1) is 6.04 Å². The highest BCUT2D eigenvalue weighted by Crippen LogP contribution is 1.98. The molecule has 0 spiro atoms. The van der Waals surface area contributed by atoms with Crippen LogP contribution in [0.25, 0.3) is 0 Å². The van der Waals surface area contributed by atoms with Crippen LogP contribution < -0.4 is 11.1 Å². The molecule has 0 saturated heterocycles. The van der Waals surface area contributed by atoms with Crippen molar-refractivity contribution in [2.24, 2.45) is 10.7 Å². The fourth-order valence-corrected chi connectivity index (χ4v) is 1.78. The first-order chi connectivity index (χ1) is 6.20. The minimum absolute atomic E-state index is 0.00400. The van der Waals surface area contributed by atoms with Crippen molar-refractivity contribution < 1.29 is 4.21 Å². The molecular formula is C9H21N3OS. The molecule has 0 rings (SSSR count). The molecular weight excluding hydrogens is 198 g/mol. The van der Waals surface area contributed by atoms with Crippen molar-refractivity contribution >= 4 is 16.8 Å². The third-order valence-electron chi connectivity index (χ3n) is 1.34. The number of guanidine groups is 1. The van der Waals surface area contributed by atoms with E-state index in [4.69, 9.17) is 5.73 Å². The topological polar surface area (TPSA) is 67.5 Å². The number of rotatable bonds is 3. The van der Waals surface area contributed by atoms with Gasteiger partial charge in [0, 0.05) is 28.3 Å². The fourth-order valence-electron chi connectivity index (χ4n) is 1.03. The van der Waals surface area contributed by atoms with E-state index in [0.29, 0.717) is 11.7 Å². The molecule has 14 heavy (non-hydrogen) atoms. The van der Waals surface area contributed by atoms with Gasteiger partial charge in [0.1, 0.15) is 0 Å². The molecule has 0 saturated carbocycles. The van der Waals surface area contributed by atoms with Crippen LogP contribution in [0.1, 0.15) is 27.7 Å². The third-order valence-corrected chi connectivity index (χ3v) is 2.29. The normalized spacial score (nSPS) is 17.6. The van der Waals surface area contributed by atoms with E-state index in [1.807, 2.05) is 27.7 Å². The Morgan fingerprint density at radius 1 is 1.57 bits per heavy atom. The Hall–Kier alpha value is -0.580. The van der Waals surface area contributed by atoms with Gasteiger partial charge in [-0.15, -0.1) is 0 Å². The van der Waals surface area contributed by atoms with Crippen molar-refractivity contribution in [3.8, 4) is 0 Å². The van der Waals surface area contributed by atoms with Gasteiger partial charge < -0.3 is 11.1 Å². The van der Waals surface area contributed by atoms with Crippen LogP contribution in [0, 0.1) is 0 Å². The molecule has 0 radical (unpaired) electrons. The van der Waals surface area contributed by atoms with Crippen LogP contribution >= 0.6 is 0 Å². The number of hydrogen-bond acceptors (Lipinski definition) is 2. The van der Waals surface area contributed by atoms with Gasteiger partial charge in [0.25, 0.3) is 0 Å². The molecule has 0 aliphatic carbocycles. The molecule has 2 atom stereocenters. The van der Waals surface area contributed by atoms with Crippen molar-refractivity contribution in [3.63, 3.8) is 0 Å². The van der Waals surface area contributed by atoms with E-state index in [1.165, 1.54) is 0 Å². The predicted molar refractivity (Wildman–Crippen MR) is 62.9 cm³/mol. The lowest BCUT2D eigenvalue weighted by molar-refractivity contribution is 0.507. The molecule has 0 fully saturated rings. The minimum atomic E-state index is -0.826. The summed E-state index contributed by atoms with van der Waals surface area (Å²) in [5.74, 6) is 0.961. The summed E-state index contributed by atoms with van der Waals surface area (Å²) in [5.41, 5.74) is 5.59. The van der Waals surface area contributed by atoms with Gasteiger partial charge in [-0.25, -0.2) is 4.99 Å². The molecule has 0 bridgehead atoms. The van der Waals surface area contributed by atoms with Crippen LogP contribution in [0.5, 0.6) is 0 Å². The maximum atomic E-state index is 10.9. The van der Waals surface area contributed by atoms with Crippen LogP contribution in [0.2, 0.25) is 0 Å². The van der Waals surface area contributed by atoms with E-state index in [2.05, 4.69) is 10.3 Å². The summed E-state index contributed by atoms with van der Waals surface area (Å²) >= 11 is 0. The molecule has 0 amide bonds. The first kappa shape index (κ1) is 13.4. The van der Waals surface area contributed by atoms with E-state index in [1.54, 1.807) is 6.26 Å². The van der Waals surface area contributed by atoms with Crippen molar-refractivity contribution in [2.45, 2.75) is 39.3 Å². The Morgan fingerprint density at radius 2 is 2.07 bits per heavy atom. The van der Waals surface area contributed by atoms with E-state index in [0.717, 1.165) is 0 Å². The van der Waals surface area contributed by atoms with Crippen LogP contribution in [-0.2, 0) is 10.8 Å². The van der Waals surface area contributed by atoms with Gasteiger partial charge >= 0.3 is 0 Å². The highest BCUT2D eigenvalue weighted by atomic mass is 32.2. The van der Waals surface area contributed by atoms with Gasteiger partial charge in [-0.2, -0.15) is 0 Å². The van der Waals surface area contributed by atoms with Crippen molar-refractivity contribution in [2.75, 3.05) is 12.0 Å². The van der Waals surface area contributed by atoms with Crippen LogP contribution in [-0.4, -0.2) is 33.8 Å². The first-order valence-electron chi connectivity index (χ1n) is 4.62. The Bertz CT molecular complexity index is 233. The lowest BCUT2D eigenvalue weighted by Gasteiger charge is -2.21. The summed E-state index contributed by atoms with van der Waals surface area (Å²) in [6, 6.07) is -0.00400. The second-order valence-corrected chi connectivity index (χ2v) is 5.96. The Labute approximate surface area is 88.8 Å². The molecule has 5 heteroatoms. The largest absolute Gasteiger partial charge is 0.370 e.